The second kappa shape index (κ2) is 12.8. The lowest BCUT2D eigenvalue weighted by molar-refractivity contribution is 0.0517. The molecule has 2 N–H and O–H groups in total. The number of thiophene rings is 2. The molecule has 0 aliphatic heterocycles. The molecule has 0 saturated carbocycles. The molecule has 0 unspecified atom stereocenters. The van der Waals surface area contributed by atoms with E-state index in [1.165, 1.54) is 38.1 Å². The largest absolute Gasteiger partial charge is 0.462 e. The van der Waals surface area contributed by atoms with E-state index < -0.39 is 23.8 Å². The van der Waals surface area contributed by atoms with E-state index >= 15 is 0 Å². The van der Waals surface area contributed by atoms with Gasteiger partial charge in [-0.1, -0.05) is 6.07 Å². The first-order valence-corrected chi connectivity index (χ1v) is 13.9. The fourth-order valence-corrected chi connectivity index (χ4v) is 6.10. The van der Waals surface area contributed by atoms with Gasteiger partial charge in [0.05, 0.1) is 34.1 Å². The van der Waals surface area contributed by atoms with E-state index in [0.29, 0.717) is 20.9 Å². The lowest BCUT2D eigenvalue weighted by Gasteiger charge is -2.09. The predicted molar refractivity (Wildman–Crippen MR) is 152 cm³/mol. The Morgan fingerprint density at radius 2 is 1.07 bits per heavy atom. The third-order valence-corrected chi connectivity index (χ3v) is 8.35. The van der Waals surface area contributed by atoms with Crippen LogP contribution in [0.4, 0.5) is 10.0 Å². The van der Waals surface area contributed by atoms with Crippen molar-refractivity contribution in [1.82, 2.24) is 0 Å². The number of carbonyl (C=O) groups excluding carboxylic acids is 6. The van der Waals surface area contributed by atoms with Gasteiger partial charge in [-0.3, -0.25) is 19.2 Å². The van der Waals surface area contributed by atoms with Crippen LogP contribution in [0.15, 0.2) is 24.3 Å². The highest BCUT2D eigenvalue weighted by Crippen LogP contribution is 2.36. The molecule has 0 radical (unpaired) electrons. The van der Waals surface area contributed by atoms with E-state index in [1.54, 1.807) is 27.7 Å². The van der Waals surface area contributed by atoms with Crippen molar-refractivity contribution >= 4 is 68.0 Å². The van der Waals surface area contributed by atoms with Gasteiger partial charge < -0.3 is 20.1 Å². The molecule has 0 bridgehead atoms. The van der Waals surface area contributed by atoms with Gasteiger partial charge in [0.15, 0.2) is 11.6 Å². The Morgan fingerprint density at radius 3 is 1.40 bits per heavy atom. The van der Waals surface area contributed by atoms with Gasteiger partial charge in [0, 0.05) is 11.1 Å². The summed E-state index contributed by atoms with van der Waals surface area (Å²) >= 11 is 1.93. The molecular formula is C28H28N2O8S2. The number of carbonyl (C=O) groups is 6. The van der Waals surface area contributed by atoms with Gasteiger partial charge in [0.25, 0.3) is 11.8 Å². The number of ether oxygens (including phenoxy) is 2. The average molecular weight is 585 g/mol. The summed E-state index contributed by atoms with van der Waals surface area (Å²) in [5.41, 5.74) is 1.23. The van der Waals surface area contributed by atoms with Crippen molar-refractivity contribution < 1.29 is 38.2 Å². The molecular weight excluding hydrogens is 556 g/mol. The number of anilines is 2. The number of rotatable bonds is 10. The van der Waals surface area contributed by atoms with E-state index in [2.05, 4.69) is 10.6 Å². The minimum absolute atomic E-state index is 0.0973. The van der Waals surface area contributed by atoms with E-state index in [1.807, 2.05) is 0 Å². The molecule has 210 valence electrons. The van der Waals surface area contributed by atoms with Crippen LogP contribution in [0.25, 0.3) is 0 Å². The third-order valence-electron chi connectivity index (χ3n) is 5.73. The Labute approximate surface area is 238 Å². The highest BCUT2D eigenvalue weighted by Gasteiger charge is 2.27. The van der Waals surface area contributed by atoms with Gasteiger partial charge in [0.1, 0.15) is 10.0 Å². The molecule has 0 saturated heterocycles. The average Bonchev–Trinajstić information content (AvgIpc) is 3.40. The van der Waals surface area contributed by atoms with E-state index in [4.69, 9.17) is 9.47 Å². The van der Waals surface area contributed by atoms with Crippen LogP contribution >= 0.6 is 22.7 Å². The third kappa shape index (κ3) is 6.35. The maximum Gasteiger partial charge on any atom is 0.341 e. The molecule has 3 aromatic rings. The number of ketones is 2. The minimum Gasteiger partial charge on any atom is -0.462 e. The number of hydrogen-bond donors (Lipinski definition) is 2. The number of Topliss-reactive ketones (excluding diaryl/α,β-unsaturated/α-hetero) is 2. The second-order valence-corrected chi connectivity index (χ2v) is 10.6. The van der Waals surface area contributed by atoms with E-state index in [0.717, 1.165) is 22.7 Å². The molecule has 40 heavy (non-hydrogen) atoms. The Morgan fingerprint density at radius 1 is 0.700 bits per heavy atom. The summed E-state index contributed by atoms with van der Waals surface area (Å²) in [6.45, 7) is 9.46. The summed E-state index contributed by atoms with van der Waals surface area (Å²) in [6, 6.07) is 5.81. The van der Waals surface area contributed by atoms with Crippen LogP contribution in [0, 0.1) is 13.8 Å². The van der Waals surface area contributed by atoms with E-state index in [-0.39, 0.29) is 57.0 Å². The predicted octanol–water partition coefficient (Wildman–Crippen LogP) is 5.69. The lowest BCUT2D eigenvalue weighted by atomic mass is 10.1. The standard InChI is InChI=1S/C28H28N2O8S2/c1-7-37-27(35)19-13(3)21(15(5)31)39-25(19)29-23(33)17-10-9-11-18(12-17)24(34)30-26-20(28(36)38-8-2)14(4)22(40-26)16(6)32/h9-12H,7-8H2,1-6H3,(H,29,33)(H,30,34). The topological polar surface area (TPSA) is 145 Å². The molecule has 0 aliphatic carbocycles. The zero-order chi connectivity index (χ0) is 29.7. The molecule has 0 atom stereocenters. The normalized spacial score (nSPS) is 10.6. The number of amides is 2. The lowest BCUT2D eigenvalue weighted by Crippen LogP contribution is -2.17. The summed E-state index contributed by atoms with van der Waals surface area (Å²) in [6.07, 6.45) is 0. The fourth-order valence-electron chi connectivity index (χ4n) is 3.93. The van der Waals surface area contributed by atoms with Gasteiger partial charge in [-0.25, -0.2) is 9.59 Å². The summed E-state index contributed by atoms with van der Waals surface area (Å²) in [4.78, 5) is 76.1. The first-order valence-electron chi connectivity index (χ1n) is 12.3. The zero-order valence-corrected chi connectivity index (χ0v) is 24.4. The Bertz CT molecular complexity index is 1420. The van der Waals surface area contributed by atoms with Crippen molar-refractivity contribution in [3.05, 3.63) is 67.4 Å². The maximum absolute atomic E-state index is 13.1. The van der Waals surface area contributed by atoms with Crippen molar-refractivity contribution in [1.29, 1.82) is 0 Å². The van der Waals surface area contributed by atoms with Crippen molar-refractivity contribution in [2.75, 3.05) is 23.8 Å². The molecule has 1 aromatic carbocycles. The van der Waals surface area contributed by atoms with Crippen molar-refractivity contribution in [3.8, 4) is 0 Å². The van der Waals surface area contributed by atoms with Crippen LogP contribution in [0.1, 0.15) is 99.6 Å². The van der Waals surface area contributed by atoms with Gasteiger partial charge in [-0.05, 0) is 70.9 Å². The van der Waals surface area contributed by atoms with Crippen LogP contribution in [-0.2, 0) is 9.47 Å². The Balaban J connectivity index is 1.91. The van der Waals surface area contributed by atoms with Crippen molar-refractivity contribution in [2.24, 2.45) is 0 Å². The monoisotopic (exact) mass is 584 g/mol. The molecule has 0 spiro atoms. The van der Waals surface area contributed by atoms with Crippen molar-refractivity contribution in [3.63, 3.8) is 0 Å². The fraction of sp³-hybridized carbons (Fsp3) is 0.286. The van der Waals surface area contributed by atoms with Crippen LogP contribution in [0.2, 0.25) is 0 Å². The molecule has 0 fully saturated rings. The molecule has 0 aliphatic rings. The smallest absolute Gasteiger partial charge is 0.341 e. The molecule has 2 heterocycles. The number of benzene rings is 1. The number of esters is 2. The quantitative estimate of drug-likeness (QED) is 0.228. The van der Waals surface area contributed by atoms with Gasteiger partial charge in [-0.2, -0.15) is 0 Å². The van der Waals surface area contributed by atoms with Crippen molar-refractivity contribution in [2.45, 2.75) is 41.5 Å². The van der Waals surface area contributed by atoms with E-state index in [9.17, 15) is 28.8 Å². The number of hydrogen-bond acceptors (Lipinski definition) is 10. The first kappa shape index (κ1) is 30.4. The van der Waals surface area contributed by atoms with Gasteiger partial charge in [-0.15, -0.1) is 22.7 Å². The molecule has 12 heteroatoms. The summed E-state index contributed by atoms with van der Waals surface area (Å²) in [5.74, 6) is -3.08. The molecule has 2 aromatic heterocycles. The first-order chi connectivity index (χ1) is 18.9. The minimum atomic E-state index is -0.666. The Hall–Kier alpha value is -4.16. The van der Waals surface area contributed by atoms with Crippen LogP contribution < -0.4 is 10.6 Å². The molecule has 10 nitrogen and oxygen atoms in total. The maximum atomic E-state index is 13.1. The summed E-state index contributed by atoms with van der Waals surface area (Å²) < 4.78 is 10.2. The SMILES string of the molecule is CCOC(=O)c1c(NC(=O)c2cccc(C(=O)Nc3sc(C(C)=O)c(C)c3C(=O)OCC)c2)sc(C(C)=O)c1C. The summed E-state index contributed by atoms with van der Waals surface area (Å²) in [7, 11) is 0. The van der Waals surface area contributed by atoms with Gasteiger partial charge in [0.2, 0.25) is 0 Å². The van der Waals surface area contributed by atoms with Crippen LogP contribution in [0.5, 0.6) is 0 Å². The van der Waals surface area contributed by atoms with Crippen LogP contribution in [0.3, 0.4) is 0 Å². The zero-order valence-electron chi connectivity index (χ0n) is 22.8. The molecule has 2 amide bonds. The number of nitrogens with one attached hydrogen (secondary N) is 2. The second-order valence-electron chi connectivity index (χ2n) is 8.56. The summed E-state index contributed by atoms with van der Waals surface area (Å²) in [5, 5.41) is 5.63. The highest BCUT2D eigenvalue weighted by molar-refractivity contribution is 7.19. The van der Waals surface area contributed by atoms with Gasteiger partial charge >= 0.3 is 11.9 Å². The van der Waals surface area contributed by atoms with Crippen LogP contribution in [-0.4, -0.2) is 48.5 Å². The molecule has 3 rings (SSSR count). The Kier molecular flexibility index (Phi) is 9.72. The highest BCUT2D eigenvalue weighted by atomic mass is 32.1.